The Morgan fingerprint density at radius 1 is 1.00 bits per heavy atom. The van der Waals surface area contributed by atoms with Gasteiger partial charge in [0, 0.05) is 11.1 Å². The number of aromatic nitrogens is 1. The summed E-state index contributed by atoms with van der Waals surface area (Å²) in [6.07, 6.45) is 0. The minimum Gasteiger partial charge on any atom is -0.324 e. The second-order valence-corrected chi connectivity index (χ2v) is 8.77. The number of nitrogens with one attached hydrogen (secondary N) is 1. The van der Waals surface area contributed by atoms with E-state index in [2.05, 4.69) is 11.4 Å². The summed E-state index contributed by atoms with van der Waals surface area (Å²) in [6, 6.07) is 29.1. The summed E-state index contributed by atoms with van der Waals surface area (Å²) in [5, 5.41) is 13.8. The van der Waals surface area contributed by atoms with Crippen molar-refractivity contribution in [2.75, 3.05) is 11.1 Å². The van der Waals surface area contributed by atoms with Gasteiger partial charge in [0.15, 0.2) is 0 Å². The van der Waals surface area contributed by atoms with Gasteiger partial charge in [-0.1, -0.05) is 95.7 Å². The van der Waals surface area contributed by atoms with Crippen LogP contribution in [0, 0.1) is 18.3 Å². The maximum Gasteiger partial charge on any atom is 0.234 e. The number of para-hydroxylation sites is 1. The van der Waals surface area contributed by atoms with Crippen LogP contribution < -0.4 is 5.32 Å². The standard InChI is InChI=1S/C27H20ClN3OS/c1-18-11-13-19(14-12-18)21-15-25(20-7-3-2-4-8-20)31-27(22(21)16-29)33-17-26(32)30-24-10-6-5-9-23(24)28/h2-15H,17H2,1H3,(H,30,32). The number of hydrogen-bond donors (Lipinski definition) is 1. The molecule has 0 radical (unpaired) electrons. The summed E-state index contributed by atoms with van der Waals surface area (Å²) in [5.41, 5.74) is 5.56. The Bertz CT molecular complexity index is 1330. The molecule has 0 unspecified atom stereocenters. The lowest BCUT2D eigenvalue weighted by Gasteiger charge is -2.13. The number of carbonyl (C=O) groups excluding carboxylic acids is 1. The number of nitriles is 1. The minimum absolute atomic E-state index is 0.0957. The lowest BCUT2D eigenvalue weighted by molar-refractivity contribution is -0.113. The number of carbonyl (C=O) groups is 1. The number of nitrogens with zero attached hydrogens (tertiary/aromatic N) is 2. The molecule has 4 rings (SSSR count). The van der Waals surface area contributed by atoms with Gasteiger partial charge in [0.05, 0.1) is 27.7 Å². The van der Waals surface area contributed by atoms with Crippen LogP contribution in [-0.2, 0) is 4.79 Å². The highest BCUT2D eigenvalue weighted by molar-refractivity contribution is 8.00. The Labute approximate surface area is 202 Å². The lowest BCUT2D eigenvalue weighted by atomic mass is 9.98. The van der Waals surface area contributed by atoms with E-state index in [-0.39, 0.29) is 11.7 Å². The molecule has 33 heavy (non-hydrogen) atoms. The summed E-state index contributed by atoms with van der Waals surface area (Å²) >= 11 is 7.38. The SMILES string of the molecule is Cc1ccc(-c2cc(-c3ccccc3)nc(SCC(=O)Nc3ccccc3Cl)c2C#N)cc1. The smallest absolute Gasteiger partial charge is 0.234 e. The van der Waals surface area contributed by atoms with Crippen LogP contribution in [0.25, 0.3) is 22.4 Å². The Morgan fingerprint density at radius 3 is 2.39 bits per heavy atom. The number of rotatable bonds is 6. The molecular formula is C27H20ClN3OS. The van der Waals surface area contributed by atoms with Crippen molar-refractivity contribution in [2.45, 2.75) is 11.9 Å². The second-order valence-electron chi connectivity index (χ2n) is 7.40. The third-order valence-electron chi connectivity index (χ3n) is 5.02. The van der Waals surface area contributed by atoms with E-state index in [1.54, 1.807) is 24.3 Å². The molecule has 0 aliphatic heterocycles. The molecule has 1 amide bonds. The van der Waals surface area contributed by atoms with Crippen LogP contribution in [-0.4, -0.2) is 16.6 Å². The van der Waals surface area contributed by atoms with Crippen molar-refractivity contribution in [2.24, 2.45) is 0 Å². The molecule has 0 saturated heterocycles. The van der Waals surface area contributed by atoms with Crippen LogP contribution in [0.2, 0.25) is 5.02 Å². The van der Waals surface area contributed by atoms with Gasteiger partial charge < -0.3 is 5.32 Å². The van der Waals surface area contributed by atoms with E-state index in [1.807, 2.05) is 67.6 Å². The number of aryl methyl sites for hydroxylation is 1. The predicted molar refractivity (Wildman–Crippen MR) is 135 cm³/mol. The molecule has 0 aliphatic rings. The first kappa shape index (κ1) is 22.6. The molecule has 0 atom stereocenters. The fraction of sp³-hybridized carbons (Fsp3) is 0.0741. The zero-order valence-corrected chi connectivity index (χ0v) is 19.5. The fourth-order valence-corrected chi connectivity index (χ4v) is 4.32. The number of anilines is 1. The van der Waals surface area contributed by atoms with Crippen LogP contribution in [0.1, 0.15) is 11.1 Å². The second kappa shape index (κ2) is 10.4. The van der Waals surface area contributed by atoms with E-state index in [0.29, 0.717) is 21.3 Å². The molecule has 0 fully saturated rings. The molecule has 1 N–H and O–H groups in total. The summed E-state index contributed by atoms with van der Waals surface area (Å²) in [5.74, 6) is -0.126. The number of amides is 1. The lowest BCUT2D eigenvalue weighted by Crippen LogP contribution is -2.14. The van der Waals surface area contributed by atoms with Gasteiger partial charge in [0.25, 0.3) is 0 Å². The molecule has 1 heterocycles. The Kier molecular flexibility index (Phi) is 7.09. The third kappa shape index (κ3) is 5.43. The van der Waals surface area contributed by atoms with E-state index in [9.17, 15) is 10.1 Å². The van der Waals surface area contributed by atoms with Crippen molar-refractivity contribution in [3.05, 3.63) is 101 Å². The van der Waals surface area contributed by atoms with Crippen molar-refractivity contribution >= 4 is 35.0 Å². The molecule has 1 aromatic heterocycles. The number of pyridine rings is 1. The molecule has 0 aliphatic carbocycles. The number of thioether (sulfide) groups is 1. The van der Waals surface area contributed by atoms with Crippen molar-refractivity contribution in [3.8, 4) is 28.5 Å². The van der Waals surface area contributed by atoms with Gasteiger partial charge >= 0.3 is 0 Å². The van der Waals surface area contributed by atoms with Crippen LogP contribution in [0.4, 0.5) is 5.69 Å². The van der Waals surface area contributed by atoms with E-state index >= 15 is 0 Å². The predicted octanol–water partition coefficient (Wildman–Crippen LogP) is 6.98. The van der Waals surface area contributed by atoms with Gasteiger partial charge in [-0.25, -0.2) is 4.98 Å². The van der Waals surface area contributed by atoms with E-state index in [1.165, 1.54) is 11.8 Å². The quantitative estimate of drug-likeness (QED) is 0.309. The van der Waals surface area contributed by atoms with Gasteiger partial charge in [0.2, 0.25) is 5.91 Å². The summed E-state index contributed by atoms with van der Waals surface area (Å²) in [4.78, 5) is 17.3. The monoisotopic (exact) mass is 469 g/mol. The maximum atomic E-state index is 12.6. The highest BCUT2D eigenvalue weighted by atomic mass is 35.5. The van der Waals surface area contributed by atoms with E-state index < -0.39 is 0 Å². The van der Waals surface area contributed by atoms with Gasteiger partial charge in [-0.05, 0) is 30.7 Å². The first-order valence-electron chi connectivity index (χ1n) is 10.3. The average Bonchev–Trinajstić information content (AvgIpc) is 2.84. The zero-order valence-electron chi connectivity index (χ0n) is 17.9. The molecule has 0 saturated carbocycles. The number of benzene rings is 3. The summed E-state index contributed by atoms with van der Waals surface area (Å²) in [6.45, 7) is 2.02. The maximum absolute atomic E-state index is 12.6. The zero-order chi connectivity index (χ0) is 23.2. The average molecular weight is 470 g/mol. The van der Waals surface area contributed by atoms with E-state index in [4.69, 9.17) is 16.6 Å². The minimum atomic E-state index is -0.221. The first-order valence-corrected chi connectivity index (χ1v) is 11.7. The number of hydrogen-bond acceptors (Lipinski definition) is 4. The van der Waals surface area contributed by atoms with Crippen LogP contribution in [0.3, 0.4) is 0 Å². The van der Waals surface area contributed by atoms with Crippen LogP contribution in [0.5, 0.6) is 0 Å². The van der Waals surface area contributed by atoms with Crippen LogP contribution in [0.15, 0.2) is 90.0 Å². The topological polar surface area (TPSA) is 65.8 Å². The van der Waals surface area contributed by atoms with Crippen molar-refractivity contribution in [1.29, 1.82) is 5.26 Å². The molecule has 0 spiro atoms. The summed E-state index contributed by atoms with van der Waals surface area (Å²) < 4.78 is 0. The molecular weight excluding hydrogens is 450 g/mol. The van der Waals surface area contributed by atoms with E-state index in [0.717, 1.165) is 27.9 Å². The Morgan fingerprint density at radius 2 is 1.70 bits per heavy atom. The molecule has 4 nitrogen and oxygen atoms in total. The molecule has 3 aromatic carbocycles. The highest BCUT2D eigenvalue weighted by Gasteiger charge is 2.17. The molecule has 6 heteroatoms. The Balaban J connectivity index is 1.69. The fourth-order valence-electron chi connectivity index (χ4n) is 3.33. The first-order chi connectivity index (χ1) is 16.0. The van der Waals surface area contributed by atoms with Gasteiger partial charge in [-0.2, -0.15) is 5.26 Å². The Hall–Kier alpha value is -3.59. The van der Waals surface area contributed by atoms with Gasteiger partial charge in [-0.3, -0.25) is 4.79 Å². The normalized spacial score (nSPS) is 10.5. The van der Waals surface area contributed by atoms with Crippen molar-refractivity contribution < 1.29 is 4.79 Å². The van der Waals surface area contributed by atoms with Crippen molar-refractivity contribution in [3.63, 3.8) is 0 Å². The molecule has 4 aromatic rings. The molecule has 162 valence electrons. The summed E-state index contributed by atoms with van der Waals surface area (Å²) in [7, 11) is 0. The van der Waals surface area contributed by atoms with Crippen LogP contribution >= 0.6 is 23.4 Å². The highest BCUT2D eigenvalue weighted by Crippen LogP contribution is 2.34. The van der Waals surface area contributed by atoms with Crippen molar-refractivity contribution in [1.82, 2.24) is 4.98 Å². The molecule has 0 bridgehead atoms. The largest absolute Gasteiger partial charge is 0.324 e. The number of halogens is 1. The third-order valence-corrected chi connectivity index (χ3v) is 6.32. The van der Waals surface area contributed by atoms with Gasteiger partial charge in [0.1, 0.15) is 11.1 Å². The van der Waals surface area contributed by atoms with Gasteiger partial charge in [-0.15, -0.1) is 0 Å².